The molecule has 4 aromatic rings. The molecule has 5 heteroatoms. The van der Waals surface area contributed by atoms with Crippen molar-refractivity contribution in [1.29, 1.82) is 5.26 Å². The average molecular weight is 393 g/mol. The number of hydrogen-bond donors (Lipinski definition) is 1. The molecule has 0 amide bonds. The fourth-order valence-electron chi connectivity index (χ4n) is 4.34. The number of nitriles is 1. The molecular formula is C25H23N5. The van der Waals surface area contributed by atoms with Crippen LogP contribution in [-0.4, -0.2) is 14.5 Å². The molecule has 0 aliphatic heterocycles. The summed E-state index contributed by atoms with van der Waals surface area (Å²) in [5, 5.41) is 14.0. The molecule has 0 saturated heterocycles. The summed E-state index contributed by atoms with van der Waals surface area (Å²) in [5.74, 6) is 1.60. The first-order valence-electron chi connectivity index (χ1n) is 10.4. The quantitative estimate of drug-likeness (QED) is 0.524. The Hall–Kier alpha value is -3.65. The molecule has 0 atom stereocenters. The molecule has 0 fully saturated rings. The number of nitrogens with one attached hydrogen (secondary N) is 1. The number of rotatable bonds is 4. The van der Waals surface area contributed by atoms with Crippen LogP contribution in [0.25, 0.3) is 16.9 Å². The predicted octanol–water partition coefficient (Wildman–Crippen LogP) is 5.09. The normalized spacial score (nSPS) is 13.1. The van der Waals surface area contributed by atoms with Crippen LogP contribution in [-0.2, 0) is 19.4 Å². The molecule has 5 rings (SSSR count). The van der Waals surface area contributed by atoms with Gasteiger partial charge in [0.15, 0.2) is 0 Å². The van der Waals surface area contributed by atoms with E-state index in [-0.39, 0.29) is 0 Å². The number of anilines is 1. The predicted molar refractivity (Wildman–Crippen MR) is 119 cm³/mol. The van der Waals surface area contributed by atoms with Gasteiger partial charge in [0, 0.05) is 23.2 Å². The molecule has 2 aromatic carbocycles. The summed E-state index contributed by atoms with van der Waals surface area (Å²) in [5.41, 5.74) is 6.28. The summed E-state index contributed by atoms with van der Waals surface area (Å²) in [6.07, 6.45) is 4.32. The zero-order valence-corrected chi connectivity index (χ0v) is 17.0. The van der Waals surface area contributed by atoms with E-state index >= 15 is 0 Å². The smallest absolute Gasteiger partial charge is 0.236 e. The molecule has 0 saturated carbocycles. The lowest BCUT2D eigenvalue weighted by molar-refractivity contribution is 0.659. The second-order valence-electron chi connectivity index (χ2n) is 7.82. The highest BCUT2D eigenvalue weighted by atomic mass is 15.2. The maximum Gasteiger partial charge on any atom is 0.236 e. The molecule has 0 unspecified atom stereocenters. The Labute approximate surface area is 176 Å². The average Bonchev–Trinajstić information content (AvgIpc) is 3.13. The van der Waals surface area contributed by atoms with Gasteiger partial charge in [0.05, 0.1) is 22.8 Å². The van der Waals surface area contributed by atoms with E-state index in [2.05, 4.69) is 40.2 Å². The van der Waals surface area contributed by atoms with Crippen LogP contribution in [0.15, 0.2) is 54.6 Å². The SMILES string of the molecule is Cc1cc2c(C#N)cccc2n1-c1nc2c(c(NCc3ccccc3)n1)CCCC2. The maximum atomic E-state index is 9.49. The van der Waals surface area contributed by atoms with Crippen molar-refractivity contribution in [3.63, 3.8) is 0 Å². The molecule has 0 radical (unpaired) electrons. The van der Waals surface area contributed by atoms with Gasteiger partial charge in [-0.15, -0.1) is 0 Å². The van der Waals surface area contributed by atoms with E-state index in [4.69, 9.17) is 9.97 Å². The largest absolute Gasteiger partial charge is 0.366 e. The zero-order chi connectivity index (χ0) is 20.5. The Morgan fingerprint density at radius 2 is 1.87 bits per heavy atom. The Morgan fingerprint density at radius 3 is 2.70 bits per heavy atom. The summed E-state index contributed by atoms with van der Waals surface area (Å²) in [4.78, 5) is 9.93. The minimum absolute atomic E-state index is 0.675. The van der Waals surface area contributed by atoms with E-state index < -0.39 is 0 Å². The monoisotopic (exact) mass is 393 g/mol. The zero-order valence-electron chi connectivity index (χ0n) is 17.0. The van der Waals surface area contributed by atoms with Crippen LogP contribution in [0, 0.1) is 18.3 Å². The van der Waals surface area contributed by atoms with Crippen molar-refractivity contribution < 1.29 is 0 Å². The molecule has 1 aliphatic rings. The minimum Gasteiger partial charge on any atom is -0.366 e. The number of nitrogens with zero attached hydrogens (tertiary/aromatic N) is 4. The Bertz CT molecular complexity index is 1260. The highest BCUT2D eigenvalue weighted by Crippen LogP contribution is 2.30. The first kappa shape index (κ1) is 18.4. The lowest BCUT2D eigenvalue weighted by Crippen LogP contribution is -2.16. The highest BCUT2D eigenvalue weighted by Gasteiger charge is 2.20. The van der Waals surface area contributed by atoms with Crippen molar-refractivity contribution in [1.82, 2.24) is 14.5 Å². The van der Waals surface area contributed by atoms with Gasteiger partial charge in [0.25, 0.3) is 0 Å². The van der Waals surface area contributed by atoms with Crippen LogP contribution in [0.3, 0.4) is 0 Å². The summed E-state index contributed by atoms with van der Waals surface area (Å²) in [7, 11) is 0. The fraction of sp³-hybridized carbons (Fsp3) is 0.240. The van der Waals surface area contributed by atoms with Gasteiger partial charge in [-0.25, -0.2) is 4.98 Å². The van der Waals surface area contributed by atoms with E-state index in [1.807, 2.05) is 37.3 Å². The van der Waals surface area contributed by atoms with E-state index in [1.165, 1.54) is 17.5 Å². The molecule has 5 nitrogen and oxygen atoms in total. The van der Waals surface area contributed by atoms with Gasteiger partial charge in [0.1, 0.15) is 5.82 Å². The summed E-state index contributed by atoms with van der Waals surface area (Å²) in [6.45, 7) is 2.77. The van der Waals surface area contributed by atoms with Crippen molar-refractivity contribution in [3.8, 4) is 12.0 Å². The van der Waals surface area contributed by atoms with Gasteiger partial charge in [-0.2, -0.15) is 10.2 Å². The first-order valence-corrected chi connectivity index (χ1v) is 10.4. The topological polar surface area (TPSA) is 66.5 Å². The lowest BCUT2D eigenvalue weighted by atomic mass is 9.96. The summed E-state index contributed by atoms with van der Waals surface area (Å²) in [6, 6.07) is 20.5. The van der Waals surface area contributed by atoms with Crippen LogP contribution >= 0.6 is 0 Å². The number of hydrogen-bond acceptors (Lipinski definition) is 4. The van der Waals surface area contributed by atoms with E-state index in [0.717, 1.165) is 53.9 Å². The van der Waals surface area contributed by atoms with Gasteiger partial charge in [0.2, 0.25) is 5.95 Å². The Kier molecular flexibility index (Phi) is 4.68. The minimum atomic E-state index is 0.675. The first-order chi connectivity index (χ1) is 14.7. The molecule has 2 heterocycles. The molecule has 0 spiro atoms. The second-order valence-corrected chi connectivity index (χ2v) is 7.82. The van der Waals surface area contributed by atoms with Gasteiger partial charge >= 0.3 is 0 Å². The molecule has 148 valence electrons. The summed E-state index contributed by atoms with van der Waals surface area (Å²) >= 11 is 0. The van der Waals surface area contributed by atoms with E-state index in [1.54, 1.807) is 0 Å². The Balaban J connectivity index is 1.62. The number of aryl methyl sites for hydroxylation is 2. The number of benzene rings is 2. The van der Waals surface area contributed by atoms with Crippen LogP contribution < -0.4 is 5.32 Å². The third-order valence-electron chi connectivity index (χ3n) is 5.82. The lowest BCUT2D eigenvalue weighted by Gasteiger charge is -2.21. The fourth-order valence-corrected chi connectivity index (χ4v) is 4.34. The molecule has 1 N–H and O–H groups in total. The number of aromatic nitrogens is 3. The van der Waals surface area contributed by atoms with Crippen LogP contribution in [0.4, 0.5) is 5.82 Å². The van der Waals surface area contributed by atoms with E-state index in [9.17, 15) is 5.26 Å². The number of fused-ring (bicyclic) bond motifs is 2. The van der Waals surface area contributed by atoms with E-state index in [0.29, 0.717) is 11.5 Å². The standard InChI is InChI=1S/C25H23N5/c1-17-14-21-19(15-26)10-7-13-23(21)30(17)25-28-22-12-6-5-11-20(22)24(29-25)27-16-18-8-3-2-4-9-18/h2-4,7-10,13-14H,5-6,11-12,16H2,1H3,(H,27,28,29). The van der Waals surface area contributed by atoms with Crippen LogP contribution in [0.5, 0.6) is 0 Å². The molecule has 30 heavy (non-hydrogen) atoms. The second kappa shape index (κ2) is 7.64. The van der Waals surface area contributed by atoms with Gasteiger partial charge in [-0.05, 0) is 56.4 Å². The van der Waals surface area contributed by atoms with Gasteiger partial charge < -0.3 is 5.32 Å². The maximum absolute atomic E-state index is 9.49. The third-order valence-corrected chi connectivity index (χ3v) is 5.82. The molecular weight excluding hydrogens is 370 g/mol. The third kappa shape index (κ3) is 3.21. The Morgan fingerprint density at radius 1 is 1.03 bits per heavy atom. The van der Waals surface area contributed by atoms with Crippen molar-refractivity contribution in [2.24, 2.45) is 0 Å². The van der Waals surface area contributed by atoms with Gasteiger partial charge in [-0.3, -0.25) is 4.57 Å². The van der Waals surface area contributed by atoms with Crippen molar-refractivity contribution in [2.75, 3.05) is 5.32 Å². The van der Waals surface area contributed by atoms with Crippen LogP contribution in [0.2, 0.25) is 0 Å². The van der Waals surface area contributed by atoms with Crippen LogP contribution in [0.1, 0.15) is 40.9 Å². The molecule has 2 aromatic heterocycles. The molecule has 0 bridgehead atoms. The highest BCUT2D eigenvalue weighted by molar-refractivity contribution is 5.88. The molecule has 1 aliphatic carbocycles. The van der Waals surface area contributed by atoms with Crippen molar-refractivity contribution in [3.05, 3.63) is 82.7 Å². The van der Waals surface area contributed by atoms with Crippen molar-refractivity contribution >= 4 is 16.7 Å². The summed E-state index contributed by atoms with van der Waals surface area (Å²) < 4.78 is 2.07. The van der Waals surface area contributed by atoms with Gasteiger partial charge in [-0.1, -0.05) is 36.4 Å². The van der Waals surface area contributed by atoms with Crippen molar-refractivity contribution in [2.45, 2.75) is 39.2 Å².